The van der Waals surface area contributed by atoms with Gasteiger partial charge in [-0.1, -0.05) is 0 Å². The second kappa shape index (κ2) is 9.75. The molecule has 166 valence electrons. The fourth-order valence-electron chi connectivity index (χ4n) is 3.89. The van der Waals surface area contributed by atoms with Crippen LogP contribution >= 0.6 is 11.8 Å². The van der Waals surface area contributed by atoms with E-state index in [2.05, 4.69) is 22.5 Å². The van der Waals surface area contributed by atoms with Gasteiger partial charge in [-0.15, -0.1) is 0 Å². The maximum atomic E-state index is 12.1. The summed E-state index contributed by atoms with van der Waals surface area (Å²) in [4.78, 5) is 21.4. The average molecular weight is 428 g/mol. The lowest BCUT2D eigenvalue weighted by Gasteiger charge is -2.42. The van der Waals surface area contributed by atoms with Crippen LogP contribution in [0.2, 0.25) is 0 Å². The number of nitrogens with zero attached hydrogens (tertiary/aromatic N) is 3. The van der Waals surface area contributed by atoms with E-state index in [9.17, 15) is 4.79 Å². The molecule has 1 unspecified atom stereocenters. The molecule has 0 aliphatic carbocycles. The zero-order chi connectivity index (χ0) is 20.9. The van der Waals surface area contributed by atoms with Crippen LogP contribution in [0.1, 0.15) is 34.1 Å². The van der Waals surface area contributed by atoms with Gasteiger partial charge in [0.05, 0.1) is 31.3 Å². The maximum absolute atomic E-state index is 12.1. The molecule has 0 aromatic carbocycles. The van der Waals surface area contributed by atoms with Crippen molar-refractivity contribution < 1.29 is 14.3 Å². The summed E-state index contributed by atoms with van der Waals surface area (Å²) in [5, 5.41) is 6.85. The van der Waals surface area contributed by atoms with Crippen molar-refractivity contribution >= 4 is 23.8 Å². The standard InChI is InChI=1S/C20H37N5O3S/c1-5-21-17(23-16-12-24(13-16)18(26)28-19(2,3)4)22-14-20(6-11-29-15-20)25-7-9-27-10-8-25/h16H,5-15H2,1-4H3,(H2,21,22,23). The molecule has 3 fully saturated rings. The van der Waals surface area contributed by atoms with Gasteiger partial charge in [-0.2, -0.15) is 11.8 Å². The lowest BCUT2D eigenvalue weighted by molar-refractivity contribution is -0.0105. The van der Waals surface area contributed by atoms with Crippen LogP contribution in [0, 0.1) is 0 Å². The number of hydrogen-bond acceptors (Lipinski definition) is 6. The summed E-state index contributed by atoms with van der Waals surface area (Å²) in [6, 6.07) is 0.206. The van der Waals surface area contributed by atoms with E-state index in [1.165, 1.54) is 12.2 Å². The molecule has 0 aromatic rings. The molecule has 0 aromatic heterocycles. The Balaban J connectivity index is 1.54. The number of likely N-dealkylation sites (tertiary alicyclic amines) is 1. The number of aliphatic imine (C=N–C) groups is 1. The van der Waals surface area contributed by atoms with Gasteiger partial charge in [0, 0.05) is 38.5 Å². The first-order valence-corrected chi connectivity index (χ1v) is 11.9. The molecular formula is C20H37N5O3S. The fraction of sp³-hybridized carbons (Fsp3) is 0.900. The Hall–Kier alpha value is -1.19. The van der Waals surface area contributed by atoms with Crippen LogP contribution < -0.4 is 10.6 Å². The highest BCUT2D eigenvalue weighted by Gasteiger charge is 2.41. The minimum absolute atomic E-state index is 0.138. The fourth-order valence-corrected chi connectivity index (χ4v) is 5.36. The van der Waals surface area contributed by atoms with Crippen molar-refractivity contribution in [2.45, 2.75) is 51.3 Å². The van der Waals surface area contributed by atoms with Crippen LogP contribution in [0.5, 0.6) is 0 Å². The first-order chi connectivity index (χ1) is 13.8. The Morgan fingerprint density at radius 3 is 2.62 bits per heavy atom. The second-order valence-electron chi connectivity index (χ2n) is 9.05. The summed E-state index contributed by atoms with van der Waals surface area (Å²) in [5.41, 5.74) is -0.321. The highest BCUT2D eigenvalue weighted by molar-refractivity contribution is 7.99. The van der Waals surface area contributed by atoms with Gasteiger partial charge >= 0.3 is 6.09 Å². The SMILES string of the molecule is CCNC(=NCC1(N2CCOCC2)CCSC1)NC1CN(C(=O)OC(C)(C)C)C1. The van der Waals surface area contributed by atoms with E-state index in [-0.39, 0.29) is 17.7 Å². The van der Waals surface area contributed by atoms with Gasteiger partial charge in [0.1, 0.15) is 5.60 Å². The van der Waals surface area contributed by atoms with Gasteiger partial charge in [-0.25, -0.2) is 4.79 Å². The molecule has 1 amide bonds. The van der Waals surface area contributed by atoms with Crippen molar-refractivity contribution in [3.8, 4) is 0 Å². The average Bonchev–Trinajstić information content (AvgIpc) is 3.11. The van der Waals surface area contributed by atoms with Crippen LogP contribution in [0.3, 0.4) is 0 Å². The summed E-state index contributed by atoms with van der Waals surface area (Å²) in [5.74, 6) is 3.17. The summed E-state index contributed by atoms with van der Waals surface area (Å²) >= 11 is 2.03. The highest BCUT2D eigenvalue weighted by Crippen LogP contribution is 2.34. The van der Waals surface area contributed by atoms with Crippen LogP contribution in [-0.2, 0) is 9.47 Å². The third-order valence-corrected chi connectivity index (χ3v) is 6.75. The number of carbonyl (C=O) groups is 1. The predicted molar refractivity (Wildman–Crippen MR) is 118 cm³/mol. The molecule has 9 heteroatoms. The van der Waals surface area contributed by atoms with Crippen molar-refractivity contribution in [1.82, 2.24) is 20.4 Å². The van der Waals surface area contributed by atoms with Crippen molar-refractivity contribution in [3.63, 3.8) is 0 Å². The number of nitrogens with one attached hydrogen (secondary N) is 2. The first kappa shape index (κ1) is 22.5. The Morgan fingerprint density at radius 2 is 2.03 bits per heavy atom. The van der Waals surface area contributed by atoms with Gasteiger partial charge < -0.3 is 25.0 Å². The van der Waals surface area contributed by atoms with E-state index in [1.54, 1.807) is 4.90 Å². The van der Waals surface area contributed by atoms with Crippen molar-refractivity contribution in [1.29, 1.82) is 0 Å². The lowest BCUT2D eigenvalue weighted by atomic mass is 9.96. The van der Waals surface area contributed by atoms with Gasteiger partial charge in [-0.3, -0.25) is 9.89 Å². The number of amides is 1. The number of rotatable bonds is 5. The Bertz CT molecular complexity index is 577. The molecule has 1 atom stereocenters. The number of ether oxygens (including phenoxy) is 2. The number of hydrogen-bond donors (Lipinski definition) is 2. The number of carbonyl (C=O) groups excluding carboxylic acids is 1. The first-order valence-electron chi connectivity index (χ1n) is 10.7. The van der Waals surface area contributed by atoms with Crippen LogP contribution in [-0.4, -0.2) is 103 Å². The van der Waals surface area contributed by atoms with Crippen LogP contribution in [0.4, 0.5) is 4.79 Å². The van der Waals surface area contributed by atoms with Crippen LogP contribution in [0.25, 0.3) is 0 Å². The third kappa shape index (κ3) is 6.15. The lowest BCUT2D eigenvalue weighted by Crippen LogP contribution is -2.63. The topological polar surface area (TPSA) is 78.4 Å². The molecule has 29 heavy (non-hydrogen) atoms. The monoisotopic (exact) mass is 427 g/mol. The Labute approximate surface area is 179 Å². The van der Waals surface area contributed by atoms with E-state index in [0.717, 1.165) is 51.1 Å². The Morgan fingerprint density at radius 1 is 1.31 bits per heavy atom. The summed E-state index contributed by atoms with van der Waals surface area (Å²) in [6.07, 6.45) is 0.933. The van der Waals surface area contributed by atoms with E-state index in [1.807, 2.05) is 32.5 Å². The Kier molecular flexibility index (Phi) is 7.56. The molecule has 0 spiro atoms. The smallest absolute Gasteiger partial charge is 0.410 e. The molecule has 2 N–H and O–H groups in total. The number of guanidine groups is 1. The molecule has 3 aliphatic heterocycles. The van der Waals surface area contributed by atoms with Gasteiger partial charge in [0.2, 0.25) is 0 Å². The number of morpholine rings is 1. The maximum Gasteiger partial charge on any atom is 0.410 e. The zero-order valence-electron chi connectivity index (χ0n) is 18.3. The van der Waals surface area contributed by atoms with E-state index >= 15 is 0 Å². The van der Waals surface area contributed by atoms with E-state index in [4.69, 9.17) is 14.5 Å². The van der Waals surface area contributed by atoms with Crippen LogP contribution in [0.15, 0.2) is 4.99 Å². The minimum Gasteiger partial charge on any atom is -0.444 e. The number of thioether (sulfide) groups is 1. The van der Waals surface area contributed by atoms with Gasteiger partial charge in [-0.05, 0) is 39.9 Å². The highest BCUT2D eigenvalue weighted by atomic mass is 32.2. The normalized spacial score (nSPS) is 26.9. The largest absolute Gasteiger partial charge is 0.444 e. The molecule has 3 rings (SSSR count). The van der Waals surface area contributed by atoms with Crippen molar-refractivity contribution in [3.05, 3.63) is 0 Å². The summed E-state index contributed by atoms with van der Waals surface area (Å²) < 4.78 is 11.0. The molecule has 3 saturated heterocycles. The molecule has 3 aliphatic rings. The molecule has 0 bridgehead atoms. The molecule has 0 saturated carbocycles. The molecule has 8 nitrogen and oxygen atoms in total. The second-order valence-corrected chi connectivity index (χ2v) is 10.2. The minimum atomic E-state index is -0.459. The van der Waals surface area contributed by atoms with Gasteiger partial charge in [0.15, 0.2) is 5.96 Å². The van der Waals surface area contributed by atoms with Crippen molar-refractivity contribution in [2.24, 2.45) is 4.99 Å². The molecule has 3 heterocycles. The van der Waals surface area contributed by atoms with Gasteiger partial charge in [0.25, 0.3) is 0 Å². The molecular weight excluding hydrogens is 390 g/mol. The van der Waals surface area contributed by atoms with E-state index < -0.39 is 5.60 Å². The third-order valence-electron chi connectivity index (χ3n) is 5.51. The van der Waals surface area contributed by atoms with E-state index in [0.29, 0.717) is 13.1 Å². The van der Waals surface area contributed by atoms with Crippen molar-refractivity contribution in [2.75, 3.05) is 64.0 Å². The summed E-state index contributed by atoms with van der Waals surface area (Å²) in [7, 11) is 0. The zero-order valence-corrected chi connectivity index (χ0v) is 19.1. The molecule has 0 radical (unpaired) electrons. The summed E-state index contributed by atoms with van der Waals surface area (Å²) in [6.45, 7) is 14.3. The predicted octanol–water partition coefficient (Wildman–Crippen LogP) is 1.37. The quantitative estimate of drug-likeness (QED) is 0.507.